The molecule has 4 N–H and O–H groups in total. The molecule has 96 valence electrons. The summed E-state index contributed by atoms with van der Waals surface area (Å²) in [6.45, 7) is 4.19. The van der Waals surface area contributed by atoms with Crippen LogP contribution in [0.5, 0.6) is 0 Å². The van der Waals surface area contributed by atoms with Crippen molar-refractivity contribution in [3.8, 4) is 0 Å². The molecule has 0 saturated heterocycles. The van der Waals surface area contributed by atoms with Gasteiger partial charge in [0.1, 0.15) is 0 Å². The van der Waals surface area contributed by atoms with E-state index in [1.165, 1.54) is 0 Å². The fraction of sp³-hybridized carbons (Fsp3) is 0.700. The number of hydrogen-bond acceptors (Lipinski definition) is 6. The number of nitrogens with zero attached hydrogens (tertiary/aromatic N) is 3. The van der Waals surface area contributed by atoms with Gasteiger partial charge in [0.2, 0.25) is 0 Å². The molecule has 7 nitrogen and oxygen atoms in total. The van der Waals surface area contributed by atoms with E-state index in [9.17, 15) is 0 Å². The lowest BCUT2D eigenvalue weighted by Gasteiger charge is -2.04. The lowest BCUT2D eigenvalue weighted by atomic mass is 10.4. The van der Waals surface area contributed by atoms with Crippen LogP contribution in [0.4, 0.5) is 5.82 Å². The van der Waals surface area contributed by atoms with E-state index < -0.39 is 0 Å². The number of anilines is 1. The first kappa shape index (κ1) is 13.6. The maximum Gasteiger partial charge on any atom is 0.272 e. The molecule has 0 aromatic carbocycles. The Balaban J connectivity index is 2.50. The van der Waals surface area contributed by atoms with E-state index in [4.69, 9.17) is 5.11 Å². The summed E-state index contributed by atoms with van der Waals surface area (Å²) in [5, 5.41) is 19.2. The summed E-state index contributed by atoms with van der Waals surface area (Å²) in [6.07, 6.45) is 2.80. The smallest absolute Gasteiger partial charge is 0.272 e. The molecule has 0 spiro atoms. The Morgan fingerprint density at radius 3 is 2.88 bits per heavy atom. The molecule has 0 aliphatic carbocycles. The minimum absolute atomic E-state index is 0.0704. The standard InChI is InChI=1S/C10H21N6O/c1-9-14-10(12-5-3-4-11-2)8-16(15-9)13-6-7-17/h8,11,17H,3-7H2,1-2H3,(H2,12,13,14,15)/q+1. The lowest BCUT2D eigenvalue weighted by molar-refractivity contribution is -0.711. The van der Waals surface area contributed by atoms with Gasteiger partial charge in [-0.2, -0.15) is 5.43 Å². The number of rotatable bonds is 8. The van der Waals surface area contributed by atoms with Gasteiger partial charge in [-0.15, -0.1) is 0 Å². The summed E-state index contributed by atoms with van der Waals surface area (Å²) in [4.78, 5) is 5.84. The summed E-state index contributed by atoms with van der Waals surface area (Å²) in [5.74, 6) is 1.45. The molecule has 0 unspecified atom stereocenters. The van der Waals surface area contributed by atoms with Crippen LogP contribution in [-0.2, 0) is 0 Å². The van der Waals surface area contributed by atoms with Crippen LogP contribution in [0.15, 0.2) is 6.20 Å². The highest BCUT2D eigenvalue weighted by Crippen LogP contribution is 1.97. The minimum Gasteiger partial charge on any atom is -0.394 e. The van der Waals surface area contributed by atoms with Crippen LogP contribution < -0.4 is 20.9 Å². The average molecular weight is 241 g/mol. The van der Waals surface area contributed by atoms with E-state index in [1.807, 2.05) is 14.0 Å². The van der Waals surface area contributed by atoms with Crippen LogP contribution in [0.2, 0.25) is 0 Å². The van der Waals surface area contributed by atoms with Gasteiger partial charge in [-0.25, -0.2) is 4.98 Å². The van der Waals surface area contributed by atoms with Crippen molar-refractivity contribution in [2.24, 2.45) is 0 Å². The second-order valence-electron chi connectivity index (χ2n) is 3.63. The van der Waals surface area contributed by atoms with Crippen molar-refractivity contribution < 1.29 is 9.90 Å². The highest BCUT2D eigenvalue weighted by Gasteiger charge is 2.07. The maximum atomic E-state index is 8.72. The second kappa shape index (κ2) is 7.75. The predicted molar refractivity (Wildman–Crippen MR) is 65.3 cm³/mol. The molecule has 0 amide bonds. The summed E-state index contributed by atoms with van der Waals surface area (Å²) in [7, 11) is 1.93. The summed E-state index contributed by atoms with van der Waals surface area (Å²) < 4.78 is 0. The zero-order chi connectivity index (χ0) is 12.5. The van der Waals surface area contributed by atoms with Gasteiger partial charge in [-0.1, -0.05) is 0 Å². The Morgan fingerprint density at radius 2 is 2.18 bits per heavy atom. The molecule has 1 aromatic heterocycles. The van der Waals surface area contributed by atoms with Gasteiger partial charge >= 0.3 is 0 Å². The molecule has 0 radical (unpaired) electrons. The Bertz CT molecular complexity index is 333. The first-order chi connectivity index (χ1) is 8.26. The lowest BCUT2D eigenvalue weighted by Crippen LogP contribution is -2.50. The molecule has 7 heteroatoms. The SMILES string of the molecule is CNCCCNc1c[n+](NCCO)nc(C)n1. The van der Waals surface area contributed by atoms with Gasteiger partial charge < -0.3 is 15.7 Å². The molecule has 0 fully saturated rings. The van der Waals surface area contributed by atoms with Crippen LogP contribution in [0.3, 0.4) is 0 Å². The van der Waals surface area contributed by atoms with Crippen LogP contribution >= 0.6 is 0 Å². The van der Waals surface area contributed by atoms with Gasteiger partial charge in [-0.05, 0) is 20.0 Å². The van der Waals surface area contributed by atoms with E-state index in [0.29, 0.717) is 12.4 Å². The van der Waals surface area contributed by atoms with Crippen molar-refractivity contribution in [1.29, 1.82) is 0 Å². The summed E-state index contributed by atoms with van der Waals surface area (Å²) in [6, 6.07) is 0. The molecule has 1 aromatic rings. The molecular weight excluding hydrogens is 220 g/mol. The molecule has 17 heavy (non-hydrogen) atoms. The third kappa shape index (κ3) is 5.41. The molecule has 1 rings (SSSR count). The molecule has 0 aliphatic rings. The maximum absolute atomic E-state index is 8.72. The fourth-order valence-electron chi connectivity index (χ4n) is 1.34. The van der Waals surface area contributed by atoms with Crippen molar-refractivity contribution in [2.75, 3.05) is 44.0 Å². The summed E-state index contributed by atoms with van der Waals surface area (Å²) >= 11 is 0. The van der Waals surface area contributed by atoms with Crippen LogP contribution in [0, 0.1) is 6.92 Å². The molecular formula is C10H21N6O+. The van der Waals surface area contributed by atoms with Gasteiger partial charge in [-0.3, -0.25) is 0 Å². The van der Waals surface area contributed by atoms with E-state index in [0.717, 1.165) is 25.3 Å². The molecule has 0 saturated carbocycles. The largest absolute Gasteiger partial charge is 0.394 e. The number of nitrogens with one attached hydrogen (secondary N) is 3. The van der Waals surface area contributed by atoms with Gasteiger partial charge in [0, 0.05) is 23.4 Å². The second-order valence-corrected chi connectivity index (χ2v) is 3.63. The van der Waals surface area contributed by atoms with Crippen molar-refractivity contribution in [3.05, 3.63) is 12.0 Å². The quantitative estimate of drug-likeness (QED) is 0.332. The normalized spacial score (nSPS) is 10.3. The number of aliphatic hydroxyl groups excluding tert-OH is 1. The Morgan fingerprint density at radius 1 is 1.35 bits per heavy atom. The monoisotopic (exact) mass is 241 g/mol. The van der Waals surface area contributed by atoms with Crippen LogP contribution in [0.25, 0.3) is 0 Å². The fourth-order valence-corrected chi connectivity index (χ4v) is 1.34. The van der Waals surface area contributed by atoms with E-state index in [2.05, 4.69) is 26.1 Å². The van der Waals surface area contributed by atoms with E-state index in [1.54, 1.807) is 11.0 Å². The third-order valence-corrected chi connectivity index (χ3v) is 2.07. The minimum atomic E-state index is 0.0704. The Labute approximate surface area is 101 Å². The number of hydrogen-bond donors (Lipinski definition) is 4. The van der Waals surface area contributed by atoms with Crippen molar-refractivity contribution in [3.63, 3.8) is 0 Å². The Kier molecular flexibility index (Phi) is 6.19. The predicted octanol–water partition coefficient (Wildman–Crippen LogP) is -1.37. The topological polar surface area (TPSA) is 86.0 Å². The van der Waals surface area contributed by atoms with Crippen molar-refractivity contribution >= 4 is 5.82 Å². The number of aromatic nitrogens is 3. The highest BCUT2D eigenvalue weighted by molar-refractivity contribution is 5.28. The average Bonchev–Trinajstić information content (AvgIpc) is 2.31. The van der Waals surface area contributed by atoms with Crippen molar-refractivity contribution in [2.45, 2.75) is 13.3 Å². The highest BCUT2D eigenvalue weighted by atomic mass is 16.3. The Hall–Kier alpha value is -1.47. The van der Waals surface area contributed by atoms with E-state index >= 15 is 0 Å². The van der Waals surface area contributed by atoms with Gasteiger partial charge in [0.25, 0.3) is 6.20 Å². The first-order valence-corrected chi connectivity index (χ1v) is 5.77. The number of aliphatic hydroxyl groups is 1. The zero-order valence-electron chi connectivity index (χ0n) is 10.4. The van der Waals surface area contributed by atoms with Crippen LogP contribution in [-0.4, -0.2) is 48.5 Å². The van der Waals surface area contributed by atoms with Gasteiger partial charge in [0.15, 0.2) is 11.6 Å². The molecule has 0 atom stereocenters. The molecule has 0 aliphatic heterocycles. The summed E-state index contributed by atoms with van der Waals surface area (Å²) in [5.41, 5.74) is 2.94. The van der Waals surface area contributed by atoms with Crippen molar-refractivity contribution in [1.82, 2.24) is 15.4 Å². The molecule has 1 heterocycles. The van der Waals surface area contributed by atoms with Gasteiger partial charge in [0.05, 0.1) is 13.2 Å². The number of aryl methyl sites for hydroxylation is 1. The first-order valence-electron chi connectivity index (χ1n) is 5.77. The van der Waals surface area contributed by atoms with E-state index in [-0.39, 0.29) is 6.61 Å². The van der Waals surface area contributed by atoms with Crippen LogP contribution in [0.1, 0.15) is 12.2 Å². The third-order valence-electron chi connectivity index (χ3n) is 2.07. The zero-order valence-corrected chi connectivity index (χ0v) is 10.4. The molecule has 0 bridgehead atoms.